The molecule has 0 aromatic carbocycles. The van der Waals surface area contributed by atoms with E-state index in [-0.39, 0.29) is 17.9 Å². The highest BCUT2D eigenvalue weighted by molar-refractivity contribution is 5.99. The molecule has 0 fully saturated rings. The van der Waals surface area contributed by atoms with Crippen LogP contribution in [0.15, 0.2) is 12.3 Å². The van der Waals surface area contributed by atoms with Crippen LogP contribution in [0.4, 0.5) is 5.69 Å². The monoisotopic (exact) mass is 238 g/mol. The van der Waals surface area contributed by atoms with Crippen molar-refractivity contribution in [3.63, 3.8) is 0 Å². The van der Waals surface area contributed by atoms with E-state index in [2.05, 4.69) is 9.72 Å². The minimum atomic E-state index is -0.759. The van der Waals surface area contributed by atoms with Crippen LogP contribution in [0.2, 0.25) is 0 Å². The maximum Gasteiger partial charge on any atom is 0.357 e. The summed E-state index contributed by atoms with van der Waals surface area (Å²) in [6.45, 7) is 2.94. The molecule has 0 aliphatic rings. The molecule has 0 spiro atoms. The number of esters is 1. The van der Waals surface area contributed by atoms with E-state index in [1.165, 1.54) is 6.92 Å². The van der Waals surface area contributed by atoms with Crippen LogP contribution in [0.5, 0.6) is 0 Å². The molecule has 0 saturated heterocycles. The molecular formula is C10H10N2O5. The Labute approximate surface area is 96.6 Å². The van der Waals surface area contributed by atoms with Gasteiger partial charge in [0.2, 0.25) is 0 Å². The Hall–Kier alpha value is -2.31. The average molecular weight is 238 g/mol. The van der Waals surface area contributed by atoms with Gasteiger partial charge in [-0.1, -0.05) is 0 Å². The minimum absolute atomic E-state index is 0.136. The maximum atomic E-state index is 11.3. The molecule has 0 atom stereocenters. The molecule has 1 aromatic heterocycles. The van der Waals surface area contributed by atoms with Crippen LogP contribution >= 0.6 is 0 Å². The van der Waals surface area contributed by atoms with Crippen molar-refractivity contribution in [2.75, 3.05) is 6.61 Å². The Balaban J connectivity index is 3.23. The van der Waals surface area contributed by atoms with Crippen LogP contribution in [-0.4, -0.2) is 28.3 Å². The van der Waals surface area contributed by atoms with Crippen molar-refractivity contribution in [3.8, 4) is 0 Å². The van der Waals surface area contributed by atoms with Crippen LogP contribution in [0.3, 0.4) is 0 Å². The van der Waals surface area contributed by atoms with Crippen LogP contribution in [-0.2, 0) is 4.74 Å². The SMILES string of the molecule is CCOC(=O)c1cc([N+](=O)[O-])c(C(C)=O)cn1. The van der Waals surface area contributed by atoms with E-state index in [1.54, 1.807) is 6.92 Å². The van der Waals surface area contributed by atoms with Gasteiger partial charge in [0.05, 0.1) is 11.5 Å². The zero-order valence-corrected chi connectivity index (χ0v) is 9.30. The standard InChI is InChI=1S/C10H10N2O5/c1-3-17-10(14)8-4-9(12(15)16)7(5-11-8)6(2)13/h4-5H,3H2,1-2H3. The summed E-state index contributed by atoms with van der Waals surface area (Å²) in [5.74, 6) is -1.25. The van der Waals surface area contributed by atoms with Gasteiger partial charge in [-0.15, -0.1) is 0 Å². The third kappa shape index (κ3) is 2.83. The van der Waals surface area contributed by atoms with Gasteiger partial charge in [0.1, 0.15) is 5.56 Å². The minimum Gasteiger partial charge on any atom is -0.461 e. The van der Waals surface area contributed by atoms with Crippen molar-refractivity contribution in [1.82, 2.24) is 4.98 Å². The first-order valence-corrected chi connectivity index (χ1v) is 4.79. The van der Waals surface area contributed by atoms with Crippen LogP contribution in [0.1, 0.15) is 34.7 Å². The highest BCUT2D eigenvalue weighted by atomic mass is 16.6. The van der Waals surface area contributed by atoms with E-state index < -0.39 is 22.4 Å². The number of nitro groups is 1. The second-order valence-corrected chi connectivity index (χ2v) is 3.12. The molecule has 0 saturated carbocycles. The Morgan fingerprint density at radius 1 is 1.53 bits per heavy atom. The number of Topliss-reactive ketones (excluding diaryl/α,β-unsaturated/α-hetero) is 1. The van der Waals surface area contributed by atoms with E-state index in [4.69, 9.17) is 0 Å². The number of carbonyl (C=O) groups is 2. The predicted octanol–water partition coefficient (Wildman–Crippen LogP) is 1.37. The molecule has 0 bridgehead atoms. The molecular weight excluding hydrogens is 228 g/mol. The molecule has 0 aliphatic carbocycles. The zero-order valence-electron chi connectivity index (χ0n) is 9.30. The van der Waals surface area contributed by atoms with Gasteiger partial charge in [0, 0.05) is 12.3 Å². The Bertz CT molecular complexity index is 484. The predicted molar refractivity (Wildman–Crippen MR) is 56.9 cm³/mol. The molecule has 7 heteroatoms. The van der Waals surface area contributed by atoms with Crippen molar-refractivity contribution >= 4 is 17.4 Å². The van der Waals surface area contributed by atoms with Gasteiger partial charge in [-0.2, -0.15) is 0 Å². The summed E-state index contributed by atoms with van der Waals surface area (Å²) in [5.41, 5.74) is -0.776. The maximum absolute atomic E-state index is 11.3. The van der Waals surface area contributed by atoms with Crippen molar-refractivity contribution in [1.29, 1.82) is 0 Å². The average Bonchev–Trinajstić information content (AvgIpc) is 2.28. The van der Waals surface area contributed by atoms with Crippen LogP contribution < -0.4 is 0 Å². The second-order valence-electron chi connectivity index (χ2n) is 3.12. The van der Waals surface area contributed by atoms with E-state index in [9.17, 15) is 19.7 Å². The van der Waals surface area contributed by atoms with Crippen molar-refractivity contribution in [2.45, 2.75) is 13.8 Å². The molecule has 0 aliphatic heterocycles. The smallest absolute Gasteiger partial charge is 0.357 e. The first kappa shape index (κ1) is 12.8. The van der Waals surface area contributed by atoms with Gasteiger partial charge in [0.25, 0.3) is 5.69 Å². The van der Waals surface area contributed by atoms with Crippen molar-refractivity contribution in [3.05, 3.63) is 33.6 Å². The van der Waals surface area contributed by atoms with Gasteiger partial charge in [-0.25, -0.2) is 9.78 Å². The summed E-state index contributed by atoms with van der Waals surface area (Å²) < 4.78 is 4.65. The molecule has 17 heavy (non-hydrogen) atoms. The van der Waals surface area contributed by atoms with Gasteiger partial charge < -0.3 is 4.74 Å². The summed E-state index contributed by atoms with van der Waals surface area (Å²) >= 11 is 0. The van der Waals surface area contributed by atoms with Gasteiger partial charge in [-0.3, -0.25) is 14.9 Å². The lowest BCUT2D eigenvalue weighted by molar-refractivity contribution is -0.385. The van der Waals surface area contributed by atoms with Crippen LogP contribution in [0, 0.1) is 10.1 Å². The highest BCUT2D eigenvalue weighted by Crippen LogP contribution is 2.19. The molecule has 7 nitrogen and oxygen atoms in total. The number of nitrogens with zero attached hydrogens (tertiary/aromatic N) is 2. The van der Waals surface area contributed by atoms with E-state index in [1.807, 2.05) is 0 Å². The first-order valence-electron chi connectivity index (χ1n) is 4.79. The summed E-state index contributed by atoms with van der Waals surface area (Å²) in [6.07, 6.45) is 1.01. The first-order chi connectivity index (χ1) is 7.97. The molecule has 1 aromatic rings. The lowest BCUT2D eigenvalue weighted by Crippen LogP contribution is -2.10. The molecule has 0 N–H and O–H groups in total. The molecule has 0 unspecified atom stereocenters. The second kappa shape index (κ2) is 5.15. The lowest BCUT2D eigenvalue weighted by Gasteiger charge is -2.02. The molecule has 1 rings (SSSR count). The third-order valence-corrected chi connectivity index (χ3v) is 1.94. The number of ether oxygens (including phenoxy) is 1. The Morgan fingerprint density at radius 3 is 2.65 bits per heavy atom. The third-order valence-electron chi connectivity index (χ3n) is 1.94. The van der Waals surface area contributed by atoms with E-state index in [0.717, 1.165) is 12.3 Å². The zero-order chi connectivity index (χ0) is 13.0. The van der Waals surface area contributed by atoms with E-state index >= 15 is 0 Å². The van der Waals surface area contributed by atoms with Crippen molar-refractivity contribution < 1.29 is 19.2 Å². The van der Waals surface area contributed by atoms with Gasteiger partial charge in [0.15, 0.2) is 11.5 Å². The number of rotatable bonds is 4. The largest absolute Gasteiger partial charge is 0.461 e. The summed E-state index contributed by atoms with van der Waals surface area (Å²) in [7, 11) is 0. The number of aromatic nitrogens is 1. The number of pyridine rings is 1. The molecule has 0 radical (unpaired) electrons. The fourth-order valence-corrected chi connectivity index (χ4v) is 1.18. The number of ketones is 1. The normalized spacial score (nSPS) is 9.76. The lowest BCUT2D eigenvalue weighted by atomic mass is 10.1. The summed E-state index contributed by atoms with van der Waals surface area (Å²) in [6, 6.07) is 0.939. The molecule has 1 heterocycles. The number of carbonyl (C=O) groups excluding carboxylic acids is 2. The van der Waals surface area contributed by atoms with E-state index in [0.29, 0.717) is 0 Å². The molecule has 90 valence electrons. The molecule has 0 amide bonds. The van der Waals surface area contributed by atoms with Gasteiger partial charge >= 0.3 is 5.97 Å². The fourth-order valence-electron chi connectivity index (χ4n) is 1.18. The van der Waals surface area contributed by atoms with Gasteiger partial charge in [-0.05, 0) is 13.8 Å². The Kier molecular flexibility index (Phi) is 3.86. The van der Waals surface area contributed by atoms with Crippen LogP contribution in [0.25, 0.3) is 0 Å². The quantitative estimate of drug-likeness (QED) is 0.340. The number of hydrogen-bond donors (Lipinski definition) is 0. The fraction of sp³-hybridized carbons (Fsp3) is 0.300. The topological polar surface area (TPSA) is 99.4 Å². The summed E-state index contributed by atoms with van der Waals surface area (Å²) in [5, 5.41) is 10.7. The van der Waals surface area contributed by atoms with Crippen molar-refractivity contribution in [2.24, 2.45) is 0 Å². The number of hydrogen-bond acceptors (Lipinski definition) is 6. The Morgan fingerprint density at radius 2 is 2.18 bits per heavy atom. The highest BCUT2D eigenvalue weighted by Gasteiger charge is 2.21. The summed E-state index contributed by atoms with van der Waals surface area (Å²) in [4.78, 5) is 36.1.